The van der Waals surface area contributed by atoms with Crippen LogP contribution in [-0.4, -0.2) is 36.1 Å². The Balaban J connectivity index is 2.71. The summed E-state index contributed by atoms with van der Waals surface area (Å²) in [7, 11) is 1.76. The smallest absolute Gasteiger partial charge is 0.254 e. The van der Waals surface area contributed by atoms with Gasteiger partial charge in [0.2, 0.25) is 0 Å². The first-order chi connectivity index (χ1) is 8.97. The van der Waals surface area contributed by atoms with Gasteiger partial charge in [0.15, 0.2) is 0 Å². The summed E-state index contributed by atoms with van der Waals surface area (Å²) in [6, 6.07) is 3.27. The second kappa shape index (κ2) is 8.29. The second-order valence-corrected chi connectivity index (χ2v) is 6.18. The van der Waals surface area contributed by atoms with Gasteiger partial charge in [-0.25, -0.2) is 0 Å². The highest BCUT2D eigenvalue weighted by Crippen LogP contribution is 2.27. The first-order valence-electron chi connectivity index (χ1n) is 5.98. The summed E-state index contributed by atoms with van der Waals surface area (Å²) < 4.78 is 0.718. The van der Waals surface area contributed by atoms with E-state index in [0.29, 0.717) is 22.2 Å². The molecular formula is C13H16Cl2INO2. The van der Waals surface area contributed by atoms with Gasteiger partial charge >= 0.3 is 0 Å². The van der Waals surface area contributed by atoms with Crippen LogP contribution >= 0.6 is 45.8 Å². The molecule has 0 aliphatic heterocycles. The van der Waals surface area contributed by atoms with Gasteiger partial charge in [-0.1, -0.05) is 23.2 Å². The minimum atomic E-state index is -0.0854. The van der Waals surface area contributed by atoms with Crippen molar-refractivity contribution in [2.45, 2.75) is 19.3 Å². The van der Waals surface area contributed by atoms with Gasteiger partial charge in [0, 0.05) is 28.8 Å². The summed E-state index contributed by atoms with van der Waals surface area (Å²) in [6.45, 7) is 0.846. The van der Waals surface area contributed by atoms with Gasteiger partial charge in [0.25, 0.3) is 5.91 Å². The molecule has 0 saturated carbocycles. The lowest BCUT2D eigenvalue weighted by molar-refractivity contribution is 0.0791. The second-order valence-electron chi connectivity index (χ2n) is 4.26. The quantitative estimate of drug-likeness (QED) is 0.435. The van der Waals surface area contributed by atoms with Crippen molar-refractivity contribution in [1.82, 2.24) is 4.90 Å². The summed E-state index contributed by atoms with van der Waals surface area (Å²) in [5.74, 6) is -0.0854. The summed E-state index contributed by atoms with van der Waals surface area (Å²) in [5.41, 5.74) is 0.530. The van der Waals surface area contributed by atoms with Crippen molar-refractivity contribution in [3.8, 4) is 0 Å². The molecule has 1 aromatic rings. The van der Waals surface area contributed by atoms with E-state index in [-0.39, 0.29) is 12.5 Å². The van der Waals surface area contributed by atoms with Gasteiger partial charge in [-0.05, 0) is 54.0 Å². The van der Waals surface area contributed by atoms with Gasteiger partial charge in [0.05, 0.1) is 10.6 Å². The molecule has 0 radical (unpaired) electrons. The SMILES string of the molecule is CN(CCCCCO)C(=O)c1cc(Cl)cc(Cl)c1I. The molecule has 0 aliphatic rings. The molecule has 0 bridgehead atoms. The number of aliphatic hydroxyl groups is 1. The molecule has 0 atom stereocenters. The van der Waals surface area contributed by atoms with Gasteiger partial charge < -0.3 is 10.0 Å². The van der Waals surface area contributed by atoms with Gasteiger partial charge in [-0.3, -0.25) is 4.79 Å². The number of rotatable bonds is 6. The number of carbonyl (C=O) groups is 1. The number of unbranched alkanes of at least 4 members (excludes halogenated alkanes) is 2. The molecule has 0 spiro atoms. The Morgan fingerprint density at radius 2 is 2.00 bits per heavy atom. The molecule has 0 aliphatic carbocycles. The van der Waals surface area contributed by atoms with E-state index in [2.05, 4.69) is 22.6 Å². The molecule has 19 heavy (non-hydrogen) atoms. The molecular weight excluding hydrogens is 400 g/mol. The fourth-order valence-electron chi connectivity index (χ4n) is 1.66. The van der Waals surface area contributed by atoms with E-state index in [1.165, 1.54) is 0 Å². The molecule has 0 fully saturated rings. The third kappa shape index (κ3) is 5.10. The van der Waals surface area contributed by atoms with Crippen LogP contribution in [0.3, 0.4) is 0 Å². The van der Waals surface area contributed by atoms with E-state index < -0.39 is 0 Å². The predicted molar refractivity (Wildman–Crippen MR) is 87.1 cm³/mol. The van der Waals surface area contributed by atoms with Crippen molar-refractivity contribution >= 4 is 51.7 Å². The summed E-state index contributed by atoms with van der Waals surface area (Å²) in [4.78, 5) is 13.9. The Kier molecular flexibility index (Phi) is 7.42. The number of nitrogens with zero attached hydrogens (tertiary/aromatic N) is 1. The zero-order chi connectivity index (χ0) is 14.4. The fourth-order valence-corrected chi connectivity index (χ4v) is 2.69. The first kappa shape index (κ1) is 17.0. The Hall–Kier alpha value is -0.0400. The normalized spacial score (nSPS) is 10.6. The van der Waals surface area contributed by atoms with Gasteiger partial charge in [-0.15, -0.1) is 0 Å². The highest BCUT2D eigenvalue weighted by atomic mass is 127. The largest absolute Gasteiger partial charge is 0.396 e. The fraction of sp³-hybridized carbons (Fsp3) is 0.462. The molecule has 106 valence electrons. The van der Waals surface area contributed by atoms with Crippen molar-refractivity contribution in [2.75, 3.05) is 20.2 Å². The average Bonchev–Trinajstić information content (AvgIpc) is 2.37. The Morgan fingerprint density at radius 1 is 1.32 bits per heavy atom. The van der Waals surface area contributed by atoms with E-state index in [0.717, 1.165) is 22.8 Å². The van der Waals surface area contributed by atoms with E-state index in [1.54, 1.807) is 24.1 Å². The minimum absolute atomic E-state index is 0.0854. The molecule has 1 aromatic carbocycles. The zero-order valence-electron chi connectivity index (χ0n) is 10.6. The van der Waals surface area contributed by atoms with Crippen LogP contribution in [0.15, 0.2) is 12.1 Å². The molecule has 0 heterocycles. The molecule has 0 saturated heterocycles. The third-order valence-corrected chi connectivity index (χ3v) is 4.72. The first-order valence-corrected chi connectivity index (χ1v) is 7.81. The number of hydrogen-bond donors (Lipinski definition) is 1. The third-order valence-electron chi connectivity index (χ3n) is 2.72. The van der Waals surface area contributed by atoms with Crippen LogP contribution in [0.25, 0.3) is 0 Å². The molecule has 1 amide bonds. The summed E-state index contributed by atoms with van der Waals surface area (Å²) in [6.07, 6.45) is 2.54. The molecule has 1 rings (SSSR count). The number of benzene rings is 1. The maximum atomic E-state index is 12.3. The van der Waals surface area contributed by atoms with E-state index in [1.807, 2.05) is 0 Å². The lowest BCUT2D eigenvalue weighted by Gasteiger charge is -2.18. The van der Waals surface area contributed by atoms with Crippen LogP contribution < -0.4 is 0 Å². The Morgan fingerprint density at radius 3 is 2.63 bits per heavy atom. The summed E-state index contributed by atoms with van der Waals surface area (Å²) >= 11 is 14.0. The number of halogens is 3. The average molecular weight is 416 g/mol. The number of hydrogen-bond acceptors (Lipinski definition) is 2. The predicted octanol–water partition coefficient (Wildman–Crippen LogP) is 3.83. The Labute approximate surface area is 137 Å². The maximum absolute atomic E-state index is 12.3. The molecule has 6 heteroatoms. The van der Waals surface area contributed by atoms with Gasteiger partial charge in [0.1, 0.15) is 0 Å². The number of amides is 1. The van der Waals surface area contributed by atoms with Crippen LogP contribution in [0, 0.1) is 3.57 Å². The standard InChI is InChI=1S/C13H16Cl2INO2/c1-17(5-3-2-4-6-18)13(19)10-7-9(14)8-11(15)12(10)16/h7-8,18H,2-6H2,1H3. The molecule has 1 N–H and O–H groups in total. The Bertz CT molecular complexity index is 455. The number of aliphatic hydroxyl groups excluding tert-OH is 1. The van der Waals surface area contributed by atoms with Crippen molar-refractivity contribution < 1.29 is 9.90 Å². The number of carbonyl (C=O) groups excluding carboxylic acids is 1. The minimum Gasteiger partial charge on any atom is -0.396 e. The van der Waals surface area contributed by atoms with Crippen molar-refractivity contribution in [3.63, 3.8) is 0 Å². The topological polar surface area (TPSA) is 40.5 Å². The van der Waals surface area contributed by atoms with Crippen LogP contribution in [0.1, 0.15) is 29.6 Å². The zero-order valence-corrected chi connectivity index (χ0v) is 14.3. The van der Waals surface area contributed by atoms with E-state index in [9.17, 15) is 4.79 Å². The lowest BCUT2D eigenvalue weighted by atomic mass is 10.2. The van der Waals surface area contributed by atoms with Crippen LogP contribution in [0.4, 0.5) is 0 Å². The summed E-state index contributed by atoms with van der Waals surface area (Å²) in [5, 5.41) is 9.66. The van der Waals surface area contributed by atoms with Crippen molar-refractivity contribution in [2.24, 2.45) is 0 Å². The van der Waals surface area contributed by atoms with Crippen LogP contribution in [0.5, 0.6) is 0 Å². The maximum Gasteiger partial charge on any atom is 0.254 e. The molecule has 0 aromatic heterocycles. The van der Waals surface area contributed by atoms with Crippen LogP contribution in [-0.2, 0) is 0 Å². The molecule has 3 nitrogen and oxygen atoms in total. The van der Waals surface area contributed by atoms with E-state index in [4.69, 9.17) is 28.3 Å². The monoisotopic (exact) mass is 415 g/mol. The van der Waals surface area contributed by atoms with E-state index >= 15 is 0 Å². The van der Waals surface area contributed by atoms with Crippen LogP contribution in [0.2, 0.25) is 10.0 Å². The highest BCUT2D eigenvalue weighted by Gasteiger charge is 2.17. The van der Waals surface area contributed by atoms with Gasteiger partial charge in [-0.2, -0.15) is 0 Å². The molecule has 0 unspecified atom stereocenters. The lowest BCUT2D eigenvalue weighted by Crippen LogP contribution is -2.28. The van der Waals surface area contributed by atoms with Crippen molar-refractivity contribution in [1.29, 1.82) is 0 Å². The van der Waals surface area contributed by atoms with Crippen molar-refractivity contribution in [3.05, 3.63) is 31.3 Å². The highest BCUT2D eigenvalue weighted by molar-refractivity contribution is 14.1.